The maximum absolute atomic E-state index is 11.3. The molecule has 0 bridgehead atoms. The van der Waals surface area contributed by atoms with Crippen molar-refractivity contribution in [2.75, 3.05) is 0 Å². The molecular weight excluding hydrogens is 186 g/mol. The Bertz CT molecular complexity index is 334. The van der Waals surface area contributed by atoms with E-state index in [4.69, 9.17) is 4.74 Å². The number of ketones is 1. The van der Waals surface area contributed by atoms with E-state index in [-0.39, 0.29) is 18.1 Å². The first-order valence-corrected chi connectivity index (χ1v) is 4.38. The van der Waals surface area contributed by atoms with Crippen molar-refractivity contribution in [2.45, 2.75) is 18.9 Å². The van der Waals surface area contributed by atoms with Crippen LogP contribution in [0.1, 0.15) is 12.8 Å². The van der Waals surface area contributed by atoms with E-state index in [0.29, 0.717) is 6.42 Å². The van der Waals surface area contributed by atoms with Gasteiger partial charge in [-0.05, 0) is 6.42 Å². The van der Waals surface area contributed by atoms with E-state index in [1.54, 1.807) is 0 Å². The molecule has 0 aromatic rings. The van der Waals surface area contributed by atoms with Gasteiger partial charge < -0.3 is 4.74 Å². The zero-order chi connectivity index (χ0) is 10.1. The van der Waals surface area contributed by atoms with Crippen molar-refractivity contribution in [1.82, 2.24) is 5.32 Å². The monoisotopic (exact) mass is 195 g/mol. The van der Waals surface area contributed by atoms with Gasteiger partial charge in [0.1, 0.15) is 0 Å². The summed E-state index contributed by atoms with van der Waals surface area (Å²) in [7, 11) is 0. The van der Waals surface area contributed by atoms with Gasteiger partial charge in [-0.1, -0.05) is 0 Å². The first kappa shape index (κ1) is 8.93. The van der Waals surface area contributed by atoms with E-state index in [2.05, 4.69) is 5.32 Å². The van der Waals surface area contributed by atoms with Crippen LogP contribution < -0.4 is 5.32 Å². The minimum absolute atomic E-state index is 0.209. The van der Waals surface area contributed by atoms with Gasteiger partial charge in [0.25, 0.3) is 0 Å². The van der Waals surface area contributed by atoms with E-state index in [0.717, 1.165) is 0 Å². The van der Waals surface area contributed by atoms with Crippen molar-refractivity contribution >= 4 is 17.6 Å². The van der Waals surface area contributed by atoms with E-state index in [1.807, 2.05) is 0 Å². The Morgan fingerprint density at radius 2 is 2.14 bits per heavy atom. The van der Waals surface area contributed by atoms with E-state index in [1.165, 1.54) is 12.3 Å². The van der Waals surface area contributed by atoms with E-state index < -0.39 is 17.9 Å². The van der Waals surface area contributed by atoms with Crippen LogP contribution in [0.25, 0.3) is 0 Å². The quantitative estimate of drug-likeness (QED) is 0.573. The molecule has 5 nitrogen and oxygen atoms in total. The molecule has 0 radical (unpaired) electrons. The van der Waals surface area contributed by atoms with Gasteiger partial charge in [0.05, 0.1) is 12.2 Å². The number of piperidine rings is 1. The second-order valence-electron chi connectivity index (χ2n) is 3.32. The molecule has 2 heterocycles. The summed E-state index contributed by atoms with van der Waals surface area (Å²) in [6.07, 6.45) is 2.50. The molecule has 2 aliphatic rings. The smallest absolute Gasteiger partial charge is 0.233 e. The van der Waals surface area contributed by atoms with Crippen LogP contribution in [-0.4, -0.2) is 23.7 Å². The first-order valence-electron chi connectivity index (χ1n) is 4.38. The summed E-state index contributed by atoms with van der Waals surface area (Å²) in [4.78, 5) is 33.4. The van der Waals surface area contributed by atoms with Crippen molar-refractivity contribution in [3.05, 3.63) is 12.3 Å². The summed E-state index contributed by atoms with van der Waals surface area (Å²) in [5.41, 5.74) is 0. The van der Waals surface area contributed by atoms with Crippen LogP contribution in [0.15, 0.2) is 12.3 Å². The van der Waals surface area contributed by atoms with Gasteiger partial charge in [-0.25, -0.2) is 0 Å². The lowest BCUT2D eigenvalue weighted by Crippen LogP contribution is -2.47. The lowest BCUT2D eigenvalue weighted by molar-refractivity contribution is -0.142. The molecular formula is C9H9NO4. The van der Waals surface area contributed by atoms with Crippen molar-refractivity contribution in [3.63, 3.8) is 0 Å². The van der Waals surface area contributed by atoms with Crippen LogP contribution in [0.5, 0.6) is 0 Å². The Kier molecular flexibility index (Phi) is 2.07. The van der Waals surface area contributed by atoms with Crippen molar-refractivity contribution in [2.24, 2.45) is 5.92 Å². The number of hydrogen-bond acceptors (Lipinski definition) is 4. The number of nitrogens with one attached hydrogen (secondary N) is 1. The molecule has 2 aliphatic heterocycles. The molecule has 0 aromatic carbocycles. The van der Waals surface area contributed by atoms with Gasteiger partial charge in [0.15, 0.2) is 11.9 Å². The lowest BCUT2D eigenvalue weighted by atomic mass is 9.91. The molecule has 0 saturated carbocycles. The van der Waals surface area contributed by atoms with Gasteiger partial charge in [-0.2, -0.15) is 0 Å². The second-order valence-corrected chi connectivity index (χ2v) is 3.32. The highest BCUT2D eigenvalue weighted by molar-refractivity contribution is 6.04. The molecule has 0 aromatic heterocycles. The predicted octanol–water partition coefficient (Wildman–Crippen LogP) is -0.479. The number of hydrogen-bond donors (Lipinski definition) is 1. The molecule has 2 rings (SSSR count). The third kappa shape index (κ3) is 1.41. The molecule has 0 spiro atoms. The molecule has 2 atom stereocenters. The van der Waals surface area contributed by atoms with Crippen molar-refractivity contribution < 1.29 is 19.1 Å². The predicted molar refractivity (Wildman–Crippen MR) is 44.9 cm³/mol. The van der Waals surface area contributed by atoms with Crippen LogP contribution in [0.3, 0.4) is 0 Å². The number of amides is 2. The average Bonchev–Trinajstić information content (AvgIpc) is 2.52. The molecule has 0 aliphatic carbocycles. The largest absolute Gasteiger partial charge is 0.489 e. The number of carbonyl (C=O) groups is 3. The zero-order valence-corrected chi connectivity index (χ0v) is 7.36. The molecule has 14 heavy (non-hydrogen) atoms. The Labute approximate surface area is 80.1 Å². The van der Waals surface area contributed by atoms with Crippen LogP contribution >= 0.6 is 0 Å². The second kappa shape index (κ2) is 3.25. The van der Waals surface area contributed by atoms with Crippen LogP contribution in [0, 0.1) is 5.92 Å². The van der Waals surface area contributed by atoms with Gasteiger partial charge in [0.2, 0.25) is 11.8 Å². The molecule has 1 fully saturated rings. The van der Waals surface area contributed by atoms with Gasteiger partial charge in [-0.15, -0.1) is 0 Å². The van der Waals surface area contributed by atoms with Gasteiger partial charge >= 0.3 is 0 Å². The van der Waals surface area contributed by atoms with E-state index >= 15 is 0 Å². The number of rotatable bonds is 1. The fourth-order valence-corrected chi connectivity index (χ4v) is 1.65. The highest BCUT2D eigenvalue weighted by atomic mass is 16.5. The summed E-state index contributed by atoms with van der Waals surface area (Å²) in [6, 6.07) is 0. The maximum atomic E-state index is 11.3. The summed E-state index contributed by atoms with van der Waals surface area (Å²) >= 11 is 0. The Morgan fingerprint density at radius 3 is 2.71 bits per heavy atom. The van der Waals surface area contributed by atoms with Gasteiger partial charge in [-0.3, -0.25) is 19.7 Å². The molecule has 2 unspecified atom stereocenters. The summed E-state index contributed by atoms with van der Waals surface area (Å²) in [5, 5.41) is 2.19. The number of carbonyl (C=O) groups excluding carboxylic acids is 3. The first-order chi connectivity index (χ1) is 6.68. The van der Waals surface area contributed by atoms with Gasteiger partial charge in [0, 0.05) is 12.5 Å². The van der Waals surface area contributed by atoms with Crippen LogP contribution in [-0.2, 0) is 19.1 Å². The SMILES string of the molecule is O=C1CCC(C2OC=CC2=O)C(=O)N1. The third-order valence-corrected chi connectivity index (χ3v) is 2.39. The number of imide groups is 1. The molecule has 2 amide bonds. The zero-order valence-electron chi connectivity index (χ0n) is 7.36. The fourth-order valence-electron chi connectivity index (χ4n) is 1.65. The van der Waals surface area contributed by atoms with Crippen molar-refractivity contribution in [3.8, 4) is 0 Å². The van der Waals surface area contributed by atoms with Crippen molar-refractivity contribution in [1.29, 1.82) is 0 Å². The fraction of sp³-hybridized carbons (Fsp3) is 0.444. The molecule has 1 N–H and O–H groups in total. The highest BCUT2D eigenvalue weighted by Gasteiger charge is 2.39. The lowest BCUT2D eigenvalue weighted by Gasteiger charge is -2.24. The molecule has 74 valence electrons. The number of ether oxygens (including phenoxy) is 1. The third-order valence-electron chi connectivity index (χ3n) is 2.39. The van der Waals surface area contributed by atoms with Crippen LogP contribution in [0.4, 0.5) is 0 Å². The average molecular weight is 195 g/mol. The Balaban J connectivity index is 2.08. The molecule has 5 heteroatoms. The summed E-state index contributed by atoms with van der Waals surface area (Å²) < 4.78 is 5.01. The standard InChI is InChI=1S/C9H9NO4/c11-6-3-4-14-8(6)5-1-2-7(12)10-9(5)13/h3-5,8H,1-2H2,(H,10,12,13). The minimum Gasteiger partial charge on any atom is -0.489 e. The molecule has 1 saturated heterocycles. The topological polar surface area (TPSA) is 72.5 Å². The highest BCUT2D eigenvalue weighted by Crippen LogP contribution is 2.22. The summed E-state index contributed by atoms with van der Waals surface area (Å²) in [5.74, 6) is -1.44. The maximum Gasteiger partial charge on any atom is 0.233 e. The Hall–Kier alpha value is -1.65. The Morgan fingerprint density at radius 1 is 1.36 bits per heavy atom. The minimum atomic E-state index is -0.733. The summed E-state index contributed by atoms with van der Waals surface area (Å²) in [6.45, 7) is 0. The van der Waals surface area contributed by atoms with E-state index in [9.17, 15) is 14.4 Å². The normalized spacial score (nSPS) is 31.6. The van der Waals surface area contributed by atoms with Crippen LogP contribution in [0.2, 0.25) is 0 Å².